The summed E-state index contributed by atoms with van der Waals surface area (Å²) in [6.45, 7) is 10.9. The van der Waals surface area contributed by atoms with Gasteiger partial charge in [0.05, 0.1) is 0 Å². The van der Waals surface area contributed by atoms with Crippen molar-refractivity contribution in [1.82, 2.24) is 10.2 Å². The fourth-order valence-electron chi connectivity index (χ4n) is 1.47. The van der Waals surface area contributed by atoms with Crippen LogP contribution >= 0.6 is 0 Å². The zero-order valence-corrected chi connectivity index (χ0v) is 9.97. The molecule has 0 aromatic carbocycles. The van der Waals surface area contributed by atoms with Gasteiger partial charge in [-0.2, -0.15) is 0 Å². The zero-order valence-electron chi connectivity index (χ0n) is 9.97. The molecule has 1 N–H and O–H groups in total. The summed E-state index contributed by atoms with van der Waals surface area (Å²) in [6, 6.07) is 0.370. The molecule has 1 amide bonds. The highest BCUT2D eigenvalue weighted by Gasteiger charge is 2.15. The lowest BCUT2D eigenvalue weighted by molar-refractivity contribution is -0.132. The van der Waals surface area contributed by atoms with E-state index < -0.39 is 0 Å². The highest BCUT2D eigenvalue weighted by molar-refractivity contribution is 5.76. The number of hydrogen-bond donors (Lipinski definition) is 1. The summed E-state index contributed by atoms with van der Waals surface area (Å²) in [4.78, 5) is 13.7. The maximum absolute atomic E-state index is 11.7. The van der Waals surface area contributed by atoms with Crippen molar-refractivity contribution in [3.05, 3.63) is 0 Å². The lowest BCUT2D eigenvalue weighted by Crippen LogP contribution is -2.39. The fourth-order valence-corrected chi connectivity index (χ4v) is 1.47. The number of nitrogens with zero attached hydrogens (tertiary/aromatic N) is 1. The molecule has 0 aromatic rings. The summed E-state index contributed by atoms with van der Waals surface area (Å²) >= 11 is 0. The van der Waals surface area contributed by atoms with Gasteiger partial charge in [0, 0.05) is 25.6 Å². The molecule has 1 unspecified atom stereocenters. The third kappa shape index (κ3) is 4.61. The average Bonchev–Trinajstić information content (AvgIpc) is 2.19. The van der Waals surface area contributed by atoms with E-state index in [9.17, 15) is 4.79 Å². The van der Waals surface area contributed by atoms with Crippen LogP contribution in [0.4, 0.5) is 0 Å². The topological polar surface area (TPSA) is 32.3 Å². The van der Waals surface area contributed by atoms with Gasteiger partial charge in [0.2, 0.25) is 5.91 Å². The van der Waals surface area contributed by atoms with Crippen LogP contribution < -0.4 is 5.32 Å². The van der Waals surface area contributed by atoms with Crippen LogP contribution in [0.25, 0.3) is 0 Å². The molecule has 0 saturated heterocycles. The van der Waals surface area contributed by atoms with Crippen molar-refractivity contribution in [2.45, 2.75) is 46.6 Å². The predicted octanol–water partition coefficient (Wildman–Crippen LogP) is 1.63. The summed E-state index contributed by atoms with van der Waals surface area (Å²) in [7, 11) is 0. The van der Waals surface area contributed by atoms with Gasteiger partial charge < -0.3 is 10.2 Å². The first-order valence-corrected chi connectivity index (χ1v) is 5.67. The Morgan fingerprint density at radius 2 is 2.00 bits per heavy atom. The Balaban J connectivity index is 3.91. The quantitative estimate of drug-likeness (QED) is 0.634. The van der Waals surface area contributed by atoms with Crippen molar-refractivity contribution in [1.29, 1.82) is 0 Å². The second-order valence-corrected chi connectivity index (χ2v) is 3.54. The first-order chi connectivity index (χ1) is 6.67. The van der Waals surface area contributed by atoms with Gasteiger partial charge in [-0.1, -0.05) is 13.8 Å². The molecule has 0 spiro atoms. The van der Waals surface area contributed by atoms with Crippen molar-refractivity contribution in [2.24, 2.45) is 0 Å². The number of hydrogen-bond acceptors (Lipinski definition) is 2. The van der Waals surface area contributed by atoms with Crippen LogP contribution in [0, 0.1) is 0 Å². The second kappa shape index (κ2) is 7.80. The normalized spacial score (nSPS) is 12.6. The van der Waals surface area contributed by atoms with E-state index in [1.807, 2.05) is 11.8 Å². The molecule has 1 atom stereocenters. The maximum atomic E-state index is 11.7. The van der Waals surface area contributed by atoms with Crippen LogP contribution in [0.1, 0.15) is 40.5 Å². The van der Waals surface area contributed by atoms with Crippen LogP contribution in [-0.4, -0.2) is 36.5 Å². The Morgan fingerprint density at radius 3 is 2.43 bits per heavy atom. The highest BCUT2D eigenvalue weighted by Crippen LogP contribution is 2.04. The molecule has 0 fully saturated rings. The van der Waals surface area contributed by atoms with E-state index in [-0.39, 0.29) is 5.91 Å². The van der Waals surface area contributed by atoms with Crippen LogP contribution in [0.3, 0.4) is 0 Å². The molecule has 0 aliphatic carbocycles. The molecular weight excluding hydrogens is 176 g/mol. The SMILES string of the molecule is CCNCCC(=O)N(CC)C(C)CC. The Morgan fingerprint density at radius 1 is 1.36 bits per heavy atom. The molecular formula is C11H24N2O. The molecule has 0 rings (SSSR count). The van der Waals surface area contributed by atoms with Crippen LogP contribution in [0.2, 0.25) is 0 Å². The van der Waals surface area contributed by atoms with Gasteiger partial charge in [-0.3, -0.25) is 4.79 Å². The van der Waals surface area contributed by atoms with Crippen molar-refractivity contribution < 1.29 is 4.79 Å². The Hall–Kier alpha value is -0.570. The molecule has 84 valence electrons. The van der Waals surface area contributed by atoms with E-state index in [0.717, 1.165) is 26.1 Å². The van der Waals surface area contributed by atoms with Crippen LogP contribution in [0.15, 0.2) is 0 Å². The standard InChI is InChI=1S/C11H24N2O/c1-5-10(4)13(7-3)11(14)8-9-12-6-2/h10,12H,5-9H2,1-4H3. The molecule has 0 saturated carbocycles. The molecule has 3 heteroatoms. The van der Waals surface area contributed by atoms with E-state index in [1.165, 1.54) is 0 Å². The van der Waals surface area contributed by atoms with Gasteiger partial charge in [0.1, 0.15) is 0 Å². The lowest BCUT2D eigenvalue weighted by atomic mass is 10.2. The molecule has 0 aromatic heterocycles. The third-order valence-corrected chi connectivity index (χ3v) is 2.55. The number of amides is 1. The van der Waals surface area contributed by atoms with E-state index in [0.29, 0.717) is 12.5 Å². The molecule has 0 aliphatic heterocycles. The van der Waals surface area contributed by atoms with Gasteiger partial charge >= 0.3 is 0 Å². The smallest absolute Gasteiger partial charge is 0.224 e. The van der Waals surface area contributed by atoms with Crippen LogP contribution in [0.5, 0.6) is 0 Å². The summed E-state index contributed by atoms with van der Waals surface area (Å²) < 4.78 is 0. The maximum Gasteiger partial charge on any atom is 0.224 e. The second-order valence-electron chi connectivity index (χ2n) is 3.54. The van der Waals surface area contributed by atoms with Gasteiger partial charge in [-0.15, -0.1) is 0 Å². The van der Waals surface area contributed by atoms with Crippen molar-refractivity contribution in [2.75, 3.05) is 19.6 Å². The summed E-state index contributed by atoms with van der Waals surface area (Å²) in [5.41, 5.74) is 0. The third-order valence-electron chi connectivity index (χ3n) is 2.55. The first-order valence-electron chi connectivity index (χ1n) is 5.67. The molecule has 14 heavy (non-hydrogen) atoms. The van der Waals surface area contributed by atoms with Crippen molar-refractivity contribution in [3.8, 4) is 0 Å². The Bertz CT molecular complexity index is 159. The largest absolute Gasteiger partial charge is 0.340 e. The first kappa shape index (κ1) is 13.4. The Labute approximate surface area is 87.9 Å². The Kier molecular flexibility index (Phi) is 7.48. The summed E-state index contributed by atoms with van der Waals surface area (Å²) in [6.07, 6.45) is 1.65. The van der Waals surface area contributed by atoms with Crippen molar-refractivity contribution >= 4 is 5.91 Å². The minimum absolute atomic E-state index is 0.266. The van der Waals surface area contributed by atoms with E-state index in [2.05, 4.69) is 26.1 Å². The molecule has 0 heterocycles. The number of carbonyl (C=O) groups is 1. The number of rotatable bonds is 7. The molecule has 0 bridgehead atoms. The molecule has 0 aliphatic rings. The van der Waals surface area contributed by atoms with Gasteiger partial charge in [0.25, 0.3) is 0 Å². The van der Waals surface area contributed by atoms with E-state index >= 15 is 0 Å². The number of carbonyl (C=O) groups excluding carboxylic acids is 1. The fraction of sp³-hybridized carbons (Fsp3) is 0.909. The zero-order chi connectivity index (χ0) is 11.0. The number of nitrogens with one attached hydrogen (secondary N) is 1. The molecule has 0 radical (unpaired) electrons. The lowest BCUT2D eigenvalue weighted by Gasteiger charge is -2.27. The van der Waals surface area contributed by atoms with Gasteiger partial charge in [-0.25, -0.2) is 0 Å². The average molecular weight is 200 g/mol. The predicted molar refractivity (Wildman–Crippen MR) is 60.3 cm³/mol. The highest BCUT2D eigenvalue weighted by atomic mass is 16.2. The van der Waals surface area contributed by atoms with Gasteiger partial charge in [0.15, 0.2) is 0 Å². The van der Waals surface area contributed by atoms with Crippen molar-refractivity contribution in [3.63, 3.8) is 0 Å². The van der Waals surface area contributed by atoms with E-state index in [1.54, 1.807) is 0 Å². The van der Waals surface area contributed by atoms with Gasteiger partial charge in [-0.05, 0) is 26.8 Å². The molecule has 3 nitrogen and oxygen atoms in total. The van der Waals surface area contributed by atoms with Crippen LogP contribution in [-0.2, 0) is 4.79 Å². The summed E-state index contributed by atoms with van der Waals surface area (Å²) in [5.74, 6) is 0.266. The van der Waals surface area contributed by atoms with E-state index in [4.69, 9.17) is 0 Å². The monoisotopic (exact) mass is 200 g/mol. The minimum Gasteiger partial charge on any atom is -0.340 e. The minimum atomic E-state index is 0.266. The summed E-state index contributed by atoms with van der Waals surface area (Å²) in [5, 5.41) is 3.17.